The minimum absolute atomic E-state index is 0.535. The van der Waals surface area contributed by atoms with Gasteiger partial charge in [0.25, 0.3) is 0 Å². The van der Waals surface area contributed by atoms with Crippen molar-refractivity contribution in [2.24, 2.45) is 10.9 Å². The number of fused-ring (bicyclic) bond motifs is 1. The standard InChI is InChI=1S/C21H34N4O/c1-16-5-4-11-25(15-16)17(2)14-24-21(22-3)23-10-8-18-6-7-20-19(13-18)9-12-26-20/h6-7,13,16-17H,4-5,8-12,14-15H2,1-3H3,(H2,22,23,24). The zero-order valence-electron chi connectivity index (χ0n) is 16.6. The number of nitrogens with zero attached hydrogens (tertiary/aromatic N) is 2. The average molecular weight is 359 g/mol. The summed E-state index contributed by atoms with van der Waals surface area (Å²) in [5.41, 5.74) is 2.70. The Morgan fingerprint density at radius 2 is 2.27 bits per heavy atom. The molecule has 144 valence electrons. The van der Waals surface area contributed by atoms with Gasteiger partial charge >= 0.3 is 0 Å². The summed E-state index contributed by atoms with van der Waals surface area (Å²) in [4.78, 5) is 6.96. The van der Waals surface area contributed by atoms with Gasteiger partial charge in [0.15, 0.2) is 5.96 Å². The molecule has 0 amide bonds. The maximum absolute atomic E-state index is 5.58. The number of aliphatic imine (C=N–C) groups is 1. The second-order valence-corrected chi connectivity index (χ2v) is 7.76. The van der Waals surface area contributed by atoms with Gasteiger partial charge in [0, 0.05) is 39.1 Å². The van der Waals surface area contributed by atoms with Crippen molar-refractivity contribution in [1.29, 1.82) is 0 Å². The van der Waals surface area contributed by atoms with Crippen LogP contribution in [0.25, 0.3) is 0 Å². The monoisotopic (exact) mass is 358 g/mol. The number of rotatable bonds is 6. The van der Waals surface area contributed by atoms with Gasteiger partial charge in [0.1, 0.15) is 5.75 Å². The number of piperidine rings is 1. The Balaban J connectivity index is 1.39. The summed E-state index contributed by atoms with van der Waals surface area (Å²) in [5, 5.41) is 6.93. The Kier molecular flexibility index (Phi) is 6.78. The van der Waals surface area contributed by atoms with Crippen LogP contribution in [0.15, 0.2) is 23.2 Å². The number of hydrogen-bond acceptors (Lipinski definition) is 3. The predicted molar refractivity (Wildman–Crippen MR) is 108 cm³/mol. The van der Waals surface area contributed by atoms with E-state index < -0.39 is 0 Å². The number of benzene rings is 1. The minimum Gasteiger partial charge on any atom is -0.493 e. The highest BCUT2D eigenvalue weighted by molar-refractivity contribution is 5.79. The molecule has 1 fully saturated rings. The SMILES string of the molecule is CN=C(NCCc1ccc2c(c1)CCO2)NCC(C)N1CCCC(C)C1. The Labute approximate surface area is 158 Å². The van der Waals surface area contributed by atoms with Crippen molar-refractivity contribution in [1.82, 2.24) is 15.5 Å². The fourth-order valence-electron chi connectivity index (χ4n) is 3.94. The van der Waals surface area contributed by atoms with Gasteiger partial charge in [-0.05, 0) is 55.8 Å². The molecular weight excluding hydrogens is 324 g/mol. The molecule has 1 saturated heterocycles. The molecule has 0 saturated carbocycles. The first-order valence-electron chi connectivity index (χ1n) is 10.1. The third-order valence-electron chi connectivity index (χ3n) is 5.56. The van der Waals surface area contributed by atoms with E-state index in [1.165, 1.54) is 37.1 Å². The molecule has 1 aromatic carbocycles. The molecule has 2 aliphatic heterocycles. The second-order valence-electron chi connectivity index (χ2n) is 7.76. The van der Waals surface area contributed by atoms with Crippen LogP contribution in [-0.4, -0.2) is 56.7 Å². The van der Waals surface area contributed by atoms with Crippen LogP contribution >= 0.6 is 0 Å². The van der Waals surface area contributed by atoms with Gasteiger partial charge in [0.2, 0.25) is 0 Å². The van der Waals surface area contributed by atoms with E-state index in [0.717, 1.165) is 50.2 Å². The van der Waals surface area contributed by atoms with Crippen molar-refractivity contribution in [3.05, 3.63) is 29.3 Å². The molecule has 0 radical (unpaired) electrons. The third kappa shape index (κ3) is 5.13. The third-order valence-corrected chi connectivity index (χ3v) is 5.56. The van der Waals surface area contributed by atoms with Crippen molar-refractivity contribution in [2.45, 2.75) is 45.6 Å². The molecule has 0 aliphatic carbocycles. The van der Waals surface area contributed by atoms with Gasteiger partial charge in [0.05, 0.1) is 6.61 Å². The van der Waals surface area contributed by atoms with Crippen molar-refractivity contribution < 1.29 is 4.74 Å². The lowest BCUT2D eigenvalue weighted by Gasteiger charge is -2.35. The lowest BCUT2D eigenvalue weighted by molar-refractivity contribution is 0.139. The minimum atomic E-state index is 0.535. The summed E-state index contributed by atoms with van der Waals surface area (Å²) < 4.78 is 5.58. The first kappa shape index (κ1) is 19.0. The van der Waals surface area contributed by atoms with Crippen molar-refractivity contribution >= 4 is 5.96 Å². The number of hydrogen-bond donors (Lipinski definition) is 2. The maximum atomic E-state index is 5.58. The van der Waals surface area contributed by atoms with E-state index in [2.05, 4.69) is 52.6 Å². The zero-order valence-corrected chi connectivity index (χ0v) is 16.6. The molecule has 2 heterocycles. The largest absolute Gasteiger partial charge is 0.493 e. The molecule has 2 N–H and O–H groups in total. The second kappa shape index (κ2) is 9.26. The molecular formula is C21H34N4O. The fourth-order valence-corrected chi connectivity index (χ4v) is 3.94. The Morgan fingerprint density at radius 1 is 1.38 bits per heavy atom. The first-order chi connectivity index (χ1) is 12.7. The van der Waals surface area contributed by atoms with Crippen LogP contribution in [0, 0.1) is 5.92 Å². The van der Waals surface area contributed by atoms with Crippen LogP contribution in [0.4, 0.5) is 0 Å². The number of likely N-dealkylation sites (tertiary alicyclic amines) is 1. The van der Waals surface area contributed by atoms with Crippen LogP contribution in [-0.2, 0) is 12.8 Å². The molecule has 2 atom stereocenters. The van der Waals surface area contributed by atoms with Crippen molar-refractivity contribution in [3.8, 4) is 5.75 Å². The predicted octanol–water partition coefficient (Wildman–Crippen LogP) is 2.45. The first-order valence-corrected chi connectivity index (χ1v) is 10.1. The molecule has 2 aliphatic rings. The van der Waals surface area contributed by atoms with Gasteiger partial charge in [-0.15, -0.1) is 0 Å². The van der Waals surface area contributed by atoms with Crippen molar-refractivity contribution in [3.63, 3.8) is 0 Å². The Hall–Kier alpha value is -1.75. The molecule has 3 rings (SSSR count). The maximum Gasteiger partial charge on any atom is 0.191 e. The molecule has 0 aromatic heterocycles. The molecule has 5 nitrogen and oxygen atoms in total. The Morgan fingerprint density at radius 3 is 3.08 bits per heavy atom. The van der Waals surface area contributed by atoms with E-state index in [9.17, 15) is 0 Å². The summed E-state index contributed by atoms with van der Waals surface area (Å²) in [7, 11) is 1.84. The highest BCUT2D eigenvalue weighted by Gasteiger charge is 2.20. The summed E-state index contributed by atoms with van der Waals surface area (Å²) in [6.07, 6.45) is 4.72. The molecule has 1 aromatic rings. The molecule has 2 unspecified atom stereocenters. The molecule has 26 heavy (non-hydrogen) atoms. The summed E-state index contributed by atoms with van der Waals surface area (Å²) in [6, 6.07) is 7.08. The van der Waals surface area contributed by atoms with Gasteiger partial charge < -0.3 is 15.4 Å². The normalized spacial score (nSPS) is 21.8. The van der Waals surface area contributed by atoms with Crippen LogP contribution in [0.3, 0.4) is 0 Å². The number of nitrogens with one attached hydrogen (secondary N) is 2. The van der Waals surface area contributed by atoms with E-state index in [-0.39, 0.29) is 0 Å². The molecule has 0 spiro atoms. The van der Waals surface area contributed by atoms with Crippen LogP contribution in [0.1, 0.15) is 37.8 Å². The van der Waals surface area contributed by atoms with E-state index in [4.69, 9.17) is 4.74 Å². The average Bonchev–Trinajstić information content (AvgIpc) is 3.12. The molecule has 5 heteroatoms. The topological polar surface area (TPSA) is 48.9 Å². The molecule has 0 bridgehead atoms. The van der Waals surface area contributed by atoms with E-state index in [1.54, 1.807) is 0 Å². The fraction of sp³-hybridized carbons (Fsp3) is 0.667. The van der Waals surface area contributed by atoms with Crippen molar-refractivity contribution in [2.75, 3.05) is 39.8 Å². The summed E-state index contributed by atoms with van der Waals surface area (Å²) in [6.45, 7) is 9.75. The van der Waals surface area contributed by atoms with E-state index >= 15 is 0 Å². The van der Waals surface area contributed by atoms with Crippen LogP contribution < -0.4 is 15.4 Å². The highest BCUT2D eigenvalue weighted by atomic mass is 16.5. The van der Waals surface area contributed by atoms with Gasteiger partial charge in [-0.2, -0.15) is 0 Å². The van der Waals surface area contributed by atoms with Crippen LogP contribution in [0.5, 0.6) is 5.75 Å². The van der Waals surface area contributed by atoms with Gasteiger partial charge in [-0.25, -0.2) is 0 Å². The smallest absolute Gasteiger partial charge is 0.191 e. The van der Waals surface area contributed by atoms with Gasteiger partial charge in [-0.3, -0.25) is 9.89 Å². The van der Waals surface area contributed by atoms with E-state index in [0.29, 0.717) is 6.04 Å². The summed E-state index contributed by atoms with van der Waals surface area (Å²) >= 11 is 0. The van der Waals surface area contributed by atoms with Crippen LogP contribution in [0.2, 0.25) is 0 Å². The number of ether oxygens (including phenoxy) is 1. The summed E-state index contributed by atoms with van der Waals surface area (Å²) in [5.74, 6) is 2.77. The van der Waals surface area contributed by atoms with Gasteiger partial charge in [-0.1, -0.05) is 19.1 Å². The highest BCUT2D eigenvalue weighted by Crippen LogP contribution is 2.25. The van der Waals surface area contributed by atoms with E-state index in [1.807, 2.05) is 7.05 Å². The Bertz CT molecular complexity index is 616. The lowest BCUT2D eigenvalue weighted by Crippen LogP contribution is -2.48. The lowest BCUT2D eigenvalue weighted by atomic mass is 9.99. The quantitative estimate of drug-likeness (QED) is 0.606. The number of guanidine groups is 1. The zero-order chi connectivity index (χ0) is 18.4.